The van der Waals surface area contributed by atoms with Gasteiger partial charge in [-0.25, -0.2) is 0 Å². The Morgan fingerprint density at radius 1 is 1.13 bits per heavy atom. The van der Waals surface area contributed by atoms with Crippen molar-refractivity contribution in [2.24, 2.45) is 5.84 Å². The van der Waals surface area contributed by atoms with E-state index in [9.17, 15) is 0 Å². The van der Waals surface area contributed by atoms with Gasteiger partial charge in [-0.3, -0.25) is 11.3 Å². The van der Waals surface area contributed by atoms with E-state index in [0.717, 1.165) is 6.42 Å². The molecule has 0 aromatic rings. The second-order valence-corrected chi connectivity index (χ2v) is 4.27. The first-order valence-electron chi connectivity index (χ1n) is 6.25. The summed E-state index contributed by atoms with van der Waals surface area (Å²) in [5, 5.41) is 0. The average molecular weight is 216 g/mol. The van der Waals surface area contributed by atoms with Crippen LogP contribution in [0.1, 0.15) is 58.8 Å². The maximum atomic E-state index is 5.48. The molecular formula is C12H28N2O. The smallest absolute Gasteiger partial charge is 0.0709 e. The van der Waals surface area contributed by atoms with Crippen LogP contribution < -0.4 is 11.3 Å². The lowest BCUT2D eigenvalue weighted by atomic mass is 10.0. The molecule has 0 amide bonds. The molecular weight excluding hydrogens is 188 g/mol. The molecule has 15 heavy (non-hydrogen) atoms. The lowest BCUT2D eigenvalue weighted by Gasteiger charge is -2.21. The molecule has 0 aromatic carbocycles. The third kappa shape index (κ3) is 7.77. The fourth-order valence-electron chi connectivity index (χ4n) is 1.76. The van der Waals surface area contributed by atoms with E-state index in [1.807, 2.05) is 0 Å². The van der Waals surface area contributed by atoms with Crippen LogP contribution in [0.25, 0.3) is 0 Å². The second kappa shape index (κ2) is 10.4. The monoisotopic (exact) mass is 216 g/mol. The van der Waals surface area contributed by atoms with Gasteiger partial charge in [0.05, 0.1) is 6.10 Å². The standard InChI is InChI=1S/C12H28N2O/c1-4-5-6-7-8-9-10-12(14-13)11(2)15-3/h11-12,14H,4-10,13H2,1-3H3. The number of hydrazine groups is 1. The quantitative estimate of drug-likeness (QED) is 0.335. The lowest BCUT2D eigenvalue weighted by Crippen LogP contribution is -2.43. The topological polar surface area (TPSA) is 47.3 Å². The Labute approximate surface area is 94.7 Å². The third-order valence-corrected chi connectivity index (χ3v) is 3.02. The normalized spacial score (nSPS) is 15.2. The van der Waals surface area contributed by atoms with E-state index >= 15 is 0 Å². The van der Waals surface area contributed by atoms with E-state index in [0.29, 0.717) is 6.04 Å². The highest BCUT2D eigenvalue weighted by Crippen LogP contribution is 2.10. The van der Waals surface area contributed by atoms with E-state index in [2.05, 4.69) is 19.3 Å². The predicted octanol–water partition coefficient (Wildman–Crippen LogP) is 2.60. The van der Waals surface area contributed by atoms with Gasteiger partial charge in [0.15, 0.2) is 0 Å². The molecule has 3 heteroatoms. The molecule has 0 radical (unpaired) electrons. The van der Waals surface area contributed by atoms with Crippen LogP contribution >= 0.6 is 0 Å². The molecule has 0 heterocycles. The SMILES string of the molecule is CCCCCCCCC(NN)C(C)OC. The summed E-state index contributed by atoms with van der Waals surface area (Å²) in [6.07, 6.45) is 9.27. The average Bonchev–Trinajstić information content (AvgIpc) is 2.27. The molecule has 92 valence electrons. The zero-order valence-electron chi connectivity index (χ0n) is 10.6. The summed E-state index contributed by atoms with van der Waals surface area (Å²) in [4.78, 5) is 0. The molecule has 2 unspecified atom stereocenters. The first-order chi connectivity index (χ1) is 7.26. The summed E-state index contributed by atoms with van der Waals surface area (Å²) in [6.45, 7) is 4.30. The van der Waals surface area contributed by atoms with Crippen LogP contribution in [0.5, 0.6) is 0 Å². The highest BCUT2D eigenvalue weighted by Gasteiger charge is 2.13. The number of ether oxygens (including phenoxy) is 1. The number of hydrogen-bond donors (Lipinski definition) is 2. The van der Waals surface area contributed by atoms with Crippen molar-refractivity contribution >= 4 is 0 Å². The largest absolute Gasteiger partial charge is 0.380 e. The summed E-state index contributed by atoms with van der Waals surface area (Å²) < 4.78 is 5.26. The van der Waals surface area contributed by atoms with Crippen LogP contribution in [-0.2, 0) is 4.74 Å². The van der Waals surface area contributed by atoms with E-state index in [1.165, 1.54) is 38.5 Å². The van der Waals surface area contributed by atoms with Crippen LogP contribution in [-0.4, -0.2) is 19.3 Å². The molecule has 0 saturated heterocycles. The zero-order chi connectivity index (χ0) is 11.5. The molecule has 3 N–H and O–H groups in total. The second-order valence-electron chi connectivity index (χ2n) is 4.27. The van der Waals surface area contributed by atoms with Gasteiger partial charge < -0.3 is 4.74 Å². The molecule has 0 aliphatic carbocycles. The number of nitrogens with one attached hydrogen (secondary N) is 1. The Balaban J connectivity index is 3.38. The van der Waals surface area contributed by atoms with Gasteiger partial charge in [0, 0.05) is 13.2 Å². The van der Waals surface area contributed by atoms with Gasteiger partial charge in [0.25, 0.3) is 0 Å². The van der Waals surface area contributed by atoms with Gasteiger partial charge in [-0.1, -0.05) is 45.4 Å². The molecule has 0 spiro atoms. The molecule has 0 aliphatic rings. The first kappa shape index (κ1) is 14.9. The van der Waals surface area contributed by atoms with Crippen LogP contribution in [0, 0.1) is 0 Å². The Morgan fingerprint density at radius 2 is 1.73 bits per heavy atom. The van der Waals surface area contributed by atoms with Crippen molar-refractivity contribution in [1.82, 2.24) is 5.43 Å². The van der Waals surface area contributed by atoms with Crippen molar-refractivity contribution < 1.29 is 4.74 Å². The minimum absolute atomic E-state index is 0.200. The summed E-state index contributed by atoms with van der Waals surface area (Å²) in [5.74, 6) is 5.48. The van der Waals surface area contributed by atoms with Crippen molar-refractivity contribution in [1.29, 1.82) is 0 Å². The van der Waals surface area contributed by atoms with Crippen LogP contribution in [0.15, 0.2) is 0 Å². The Kier molecular flexibility index (Phi) is 10.3. The minimum atomic E-state index is 0.200. The number of hydrogen-bond acceptors (Lipinski definition) is 3. The van der Waals surface area contributed by atoms with E-state index < -0.39 is 0 Å². The maximum Gasteiger partial charge on any atom is 0.0709 e. The zero-order valence-corrected chi connectivity index (χ0v) is 10.6. The van der Waals surface area contributed by atoms with E-state index in [1.54, 1.807) is 7.11 Å². The van der Waals surface area contributed by atoms with Crippen molar-refractivity contribution in [3.05, 3.63) is 0 Å². The minimum Gasteiger partial charge on any atom is -0.380 e. The molecule has 2 atom stereocenters. The fourth-order valence-corrected chi connectivity index (χ4v) is 1.76. The van der Waals surface area contributed by atoms with Crippen LogP contribution in [0.2, 0.25) is 0 Å². The summed E-state index contributed by atoms with van der Waals surface area (Å²) in [7, 11) is 1.73. The van der Waals surface area contributed by atoms with Crippen LogP contribution in [0.3, 0.4) is 0 Å². The van der Waals surface area contributed by atoms with Gasteiger partial charge in [0.1, 0.15) is 0 Å². The van der Waals surface area contributed by atoms with Gasteiger partial charge in [-0.2, -0.15) is 0 Å². The Morgan fingerprint density at radius 3 is 2.27 bits per heavy atom. The highest BCUT2D eigenvalue weighted by atomic mass is 16.5. The number of rotatable bonds is 10. The van der Waals surface area contributed by atoms with Gasteiger partial charge >= 0.3 is 0 Å². The maximum absolute atomic E-state index is 5.48. The molecule has 0 fully saturated rings. The number of unbranched alkanes of at least 4 members (excludes halogenated alkanes) is 5. The van der Waals surface area contributed by atoms with Crippen molar-refractivity contribution in [3.63, 3.8) is 0 Å². The van der Waals surface area contributed by atoms with E-state index in [4.69, 9.17) is 10.6 Å². The van der Waals surface area contributed by atoms with Crippen molar-refractivity contribution in [2.75, 3.05) is 7.11 Å². The summed E-state index contributed by atoms with van der Waals surface area (Å²) in [5.41, 5.74) is 2.83. The molecule has 3 nitrogen and oxygen atoms in total. The molecule has 0 bridgehead atoms. The summed E-state index contributed by atoms with van der Waals surface area (Å²) >= 11 is 0. The molecule has 0 aliphatic heterocycles. The summed E-state index contributed by atoms with van der Waals surface area (Å²) in [6, 6.07) is 0.293. The van der Waals surface area contributed by atoms with Crippen LogP contribution in [0.4, 0.5) is 0 Å². The van der Waals surface area contributed by atoms with Gasteiger partial charge in [-0.15, -0.1) is 0 Å². The number of nitrogens with two attached hydrogens (primary N) is 1. The first-order valence-corrected chi connectivity index (χ1v) is 6.25. The Hall–Kier alpha value is -0.120. The fraction of sp³-hybridized carbons (Fsp3) is 1.00. The Bertz CT molecular complexity index is 131. The lowest BCUT2D eigenvalue weighted by molar-refractivity contribution is 0.0791. The van der Waals surface area contributed by atoms with Gasteiger partial charge in [0.2, 0.25) is 0 Å². The van der Waals surface area contributed by atoms with E-state index in [-0.39, 0.29) is 6.10 Å². The predicted molar refractivity (Wildman–Crippen MR) is 65.6 cm³/mol. The molecule has 0 aromatic heterocycles. The van der Waals surface area contributed by atoms with Gasteiger partial charge in [-0.05, 0) is 13.3 Å². The number of methoxy groups -OCH3 is 1. The molecule has 0 saturated carbocycles. The van der Waals surface area contributed by atoms with Crippen molar-refractivity contribution in [3.8, 4) is 0 Å². The third-order valence-electron chi connectivity index (χ3n) is 3.02. The highest BCUT2D eigenvalue weighted by molar-refractivity contribution is 4.70. The van der Waals surface area contributed by atoms with Crippen molar-refractivity contribution in [2.45, 2.75) is 70.9 Å². The molecule has 0 rings (SSSR count).